The molecule has 1 saturated carbocycles. The fraction of sp³-hybridized carbons (Fsp3) is 0.479. The van der Waals surface area contributed by atoms with Crippen molar-refractivity contribution in [3.63, 3.8) is 0 Å². The molecule has 0 radical (unpaired) electrons. The molecule has 14 heteroatoms. The highest BCUT2D eigenvalue weighted by Gasteiger charge is 2.35. The van der Waals surface area contributed by atoms with E-state index in [1.165, 1.54) is 22.3 Å². The van der Waals surface area contributed by atoms with Gasteiger partial charge in [0, 0.05) is 42.7 Å². The number of urea groups is 1. The van der Waals surface area contributed by atoms with Crippen molar-refractivity contribution in [3.05, 3.63) is 99.0 Å². The number of benzene rings is 4. The quantitative estimate of drug-likeness (QED) is 0.104. The fourth-order valence-corrected chi connectivity index (χ4v) is 9.35. The van der Waals surface area contributed by atoms with Gasteiger partial charge in [-0.1, -0.05) is 25.1 Å². The fourth-order valence-electron chi connectivity index (χ4n) is 9.19. The minimum absolute atomic E-state index is 0.000437. The minimum Gasteiger partial charge on any atom is -0.493 e. The molecule has 62 heavy (non-hydrogen) atoms. The van der Waals surface area contributed by atoms with Crippen molar-refractivity contribution in [2.45, 2.75) is 76.4 Å². The van der Waals surface area contributed by atoms with Crippen LogP contribution in [0.15, 0.2) is 65.9 Å². The summed E-state index contributed by atoms with van der Waals surface area (Å²) in [7, 11) is 11.1. The first kappa shape index (κ1) is 44.8. The van der Waals surface area contributed by atoms with E-state index in [4.69, 9.17) is 40.0 Å². The largest absolute Gasteiger partial charge is 0.493 e. The third kappa shape index (κ3) is 9.85. The first-order chi connectivity index (χ1) is 30.1. The molecule has 0 aromatic heterocycles. The molecule has 1 N–H and O–H groups in total. The number of carbonyl (C=O) groups is 1. The number of ether oxygens (including phenoxy) is 6. The molecule has 5 aliphatic rings. The van der Waals surface area contributed by atoms with Crippen molar-refractivity contribution in [1.29, 1.82) is 0 Å². The van der Waals surface area contributed by atoms with Crippen LogP contribution >= 0.6 is 11.6 Å². The summed E-state index contributed by atoms with van der Waals surface area (Å²) in [6, 6.07) is 20.9. The van der Waals surface area contributed by atoms with Gasteiger partial charge in [0.15, 0.2) is 34.5 Å². The normalized spacial score (nSPS) is 20.6. The van der Waals surface area contributed by atoms with Crippen LogP contribution in [0.2, 0.25) is 0 Å². The third-order valence-corrected chi connectivity index (χ3v) is 13.0. The molecule has 4 aromatic carbocycles. The molecule has 4 aliphatic heterocycles. The number of halogens is 1. The van der Waals surface area contributed by atoms with Gasteiger partial charge >= 0.3 is 6.03 Å². The zero-order valence-electron chi connectivity index (χ0n) is 37.0. The second-order valence-corrected chi connectivity index (χ2v) is 17.1. The SMILES string of the molecule is CC1CCC(NC(=O)N(CCCl)N=O)CC1.COc1ccc2cc1Oc1ccc(cc1)CC1c3cc(c(OC)cc3CCN1C)Oc1c(OC)c(OC)cc3c1C(C2)N(C)CC3. The Balaban J connectivity index is 0.000000306. The zero-order valence-corrected chi connectivity index (χ0v) is 37.8. The van der Waals surface area contributed by atoms with E-state index in [2.05, 4.69) is 83.9 Å². The van der Waals surface area contributed by atoms with Gasteiger partial charge < -0.3 is 33.7 Å². The summed E-state index contributed by atoms with van der Waals surface area (Å²) in [4.78, 5) is 26.8. The lowest BCUT2D eigenvalue weighted by molar-refractivity contribution is 0.191. The van der Waals surface area contributed by atoms with E-state index in [1.54, 1.807) is 28.4 Å². The maximum Gasteiger partial charge on any atom is 0.340 e. The van der Waals surface area contributed by atoms with Crippen LogP contribution in [0.3, 0.4) is 0 Å². The van der Waals surface area contributed by atoms with Gasteiger partial charge in [-0.3, -0.25) is 9.80 Å². The molecule has 6 bridgehead atoms. The lowest BCUT2D eigenvalue weighted by Gasteiger charge is -2.37. The predicted octanol–water partition coefficient (Wildman–Crippen LogP) is 9.66. The first-order valence-corrected chi connectivity index (χ1v) is 22.1. The molecule has 2 amide bonds. The lowest BCUT2D eigenvalue weighted by atomic mass is 9.87. The summed E-state index contributed by atoms with van der Waals surface area (Å²) in [5.41, 5.74) is 7.15. The van der Waals surface area contributed by atoms with Crippen LogP contribution in [0.1, 0.15) is 78.1 Å². The van der Waals surface area contributed by atoms with Crippen molar-refractivity contribution in [1.82, 2.24) is 20.1 Å². The van der Waals surface area contributed by atoms with E-state index < -0.39 is 6.03 Å². The minimum atomic E-state index is -0.435. The van der Waals surface area contributed by atoms with Gasteiger partial charge in [-0.25, -0.2) is 4.79 Å². The number of hydrogen-bond donors (Lipinski definition) is 1. The number of fused-ring (bicyclic) bond motifs is 2. The molecule has 0 spiro atoms. The summed E-state index contributed by atoms with van der Waals surface area (Å²) in [6.45, 7) is 4.23. The summed E-state index contributed by atoms with van der Waals surface area (Å²) >= 11 is 5.46. The van der Waals surface area contributed by atoms with Crippen LogP contribution in [-0.4, -0.2) is 94.9 Å². The van der Waals surface area contributed by atoms with Gasteiger partial charge in [0.2, 0.25) is 5.75 Å². The van der Waals surface area contributed by atoms with Crippen molar-refractivity contribution in [2.24, 2.45) is 11.2 Å². The van der Waals surface area contributed by atoms with Crippen molar-refractivity contribution >= 4 is 17.6 Å². The van der Waals surface area contributed by atoms with Gasteiger partial charge in [-0.05, 0) is 142 Å². The van der Waals surface area contributed by atoms with Crippen LogP contribution < -0.4 is 33.7 Å². The monoisotopic (exact) mass is 869 g/mol. The Labute approximate surface area is 370 Å². The number of nitroso groups, excluding NO2 is 1. The Kier molecular flexibility index (Phi) is 14.7. The van der Waals surface area contributed by atoms with Gasteiger partial charge in [-0.2, -0.15) is 5.01 Å². The number of nitrogens with zero attached hydrogens (tertiary/aromatic N) is 4. The average molecular weight is 870 g/mol. The van der Waals surface area contributed by atoms with Crippen molar-refractivity contribution in [3.8, 4) is 46.0 Å². The average Bonchev–Trinajstić information content (AvgIpc) is 3.28. The Morgan fingerprint density at radius 2 is 1.40 bits per heavy atom. The van der Waals surface area contributed by atoms with E-state index in [9.17, 15) is 9.70 Å². The zero-order chi connectivity index (χ0) is 43.9. The highest BCUT2D eigenvalue weighted by atomic mass is 35.5. The Bertz CT molecular complexity index is 2200. The van der Waals surface area contributed by atoms with E-state index >= 15 is 0 Å². The Morgan fingerprint density at radius 1 is 0.774 bits per heavy atom. The summed E-state index contributed by atoms with van der Waals surface area (Å²) in [5.74, 6) is 6.35. The van der Waals surface area contributed by atoms with Crippen LogP contribution in [0.5, 0.6) is 46.0 Å². The maximum absolute atomic E-state index is 11.6. The van der Waals surface area contributed by atoms with E-state index in [0.29, 0.717) is 40.2 Å². The topological polar surface area (TPSA) is 124 Å². The highest BCUT2D eigenvalue weighted by molar-refractivity contribution is 6.18. The molecular weight excluding hydrogens is 810 g/mol. The molecule has 9 rings (SSSR count). The number of likely N-dealkylation sites (N-methyl/N-ethyl adjacent to an activating group) is 2. The molecule has 4 aromatic rings. The van der Waals surface area contributed by atoms with E-state index in [0.717, 1.165) is 92.3 Å². The van der Waals surface area contributed by atoms with Crippen LogP contribution in [0.4, 0.5) is 4.79 Å². The molecule has 2 atom stereocenters. The number of alkyl halides is 1. The number of amides is 2. The van der Waals surface area contributed by atoms with Crippen LogP contribution in [0, 0.1) is 10.8 Å². The molecule has 2 unspecified atom stereocenters. The van der Waals surface area contributed by atoms with E-state index in [-0.39, 0.29) is 30.6 Å². The van der Waals surface area contributed by atoms with Gasteiger partial charge in [0.25, 0.3) is 0 Å². The number of hydrogen-bond acceptors (Lipinski definition) is 11. The van der Waals surface area contributed by atoms with Crippen LogP contribution in [0.25, 0.3) is 0 Å². The predicted molar refractivity (Wildman–Crippen MR) is 241 cm³/mol. The van der Waals surface area contributed by atoms with Crippen molar-refractivity contribution < 1.29 is 33.2 Å². The molecule has 13 nitrogen and oxygen atoms in total. The highest BCUT2D eigenvalue weighted by Crippen LogP contribution is 2.52. The summed E-state index contributed by atoms with van der Waals surface area (Å²) in [6.07, 6.45) is 7.56. The Hall–Kier alpha value is -5.24. The molecule has 1 fully saturated rings. The Morgan fingerprint density at radius 3 is 2.06 bits per heavy atom. The molecule has 1 aliphatic carbocycles. The summed E-state index contributed by atoms with van der Waals surface area (Å²) in [5, 5.41) is 6.29. The number of nitrogens with one attached hydrogen (secondary N) is 1. The molecule has 332 valence electrons. The van der Waals surface area contributed by atoms with Crippen LogP contribution in [-0.2, 0) is 25.7 Å². The van der Waals surface area contributed by atoms with Gasteiger partial charge in [-0.15, -0.1) is 16.5 Å². The number of rotatable bonds is 8. The smallest absolute Gasteiger partial charge is 0.340 e. The number of methoxy groups -OCH3 is 4. The maximum atomic E-state index is 11.6. The second-order valence-electron chi connectivity index (χ2n) is 16.8. The third-order valence-electron chi connectivity index (χ3n) is 12.8. The molecule has 0 saturated heterocycles. The first-order valence-electron chi connectivity index (χ1n) is 21.6. The standard InChI is InChI=1S/C38H42N2O6.C10H18ClN3O2/c1-39-15-13-25-20-32(42-4)34-22-28(25)29(39)17-23-7-10-27(11-8-23)45-33-19-24(9-12-31(33)41-3)18-30-36-26(14-16-40(30)2)21-35(43-5)37(44-6)38(36)46-34;1-8-2-4-9(5-3-8)12-10(15)14(13-16)7-6-11/h7-12,19-22,29-30H,13-18H2,1-6H3;8-9H,2-7H2,1H3,(H,12,15). The second kappa shape index (κ2) is 20.3. The lowest BCUT2D eigenvalue weighted by Crippen LogP contribution is -2.44. The number of carbonyl (C=O) groups excluding carboxylic acids is 1. The molecule has 4 heterocycles. The summed E-state index contributed by atoms with van der Waals surface area (Å²) < 4.78 is 37.1. The molecular formula is C48H60ClN5O8. The van der Waals surface area contributed by atoms with Gasteiger partial charge in [0.1, 0.15) is 5.75 Å². The van der Waals surface area contributed by atoms with Crippen molar-refractivity contribution in [2.75, 3.05) is 68.0 Å². The van der Waals surface area contributed by atoms with E-state index in [1.807, 2.05) is 18.2 Å². The van der Waals surface area contributed by atoms with Gasteiger partial charge in [0.05, 0.1) is 40.3 Å².